The minimum absolute atomic E-state index is 0.418. The SMILES string of the molecule is Cc1cccc2nc(C3(C#N)CCC3)nn12. The second kappa shape index (κ2) is 3.05. The molecule has 2 aromatic rings. The molecule has 16 heavy (non-hydrogen) atoms. The minimum Gasteiger partial charge on any atom is -0.218 e. The molecule has 2 heterocycles. The third kappa shape index (κ3) is 1.09. The third-order valence-electron chi connectivity index (χ3n) is 3.40. The first kappa shape index (κ1) is 9.34. The normalized spacial score (nSPS) is 18.0. The summed E-state index contributed by atoms with van der Waals surface area (Å²) < 4.78 is 1.81. The van der Waals surface area contributed by atoms with Gasteiger partial charge in [0.15, 0.2) is 11.5 Å². The van der Waals surface area contributed by atoms with Crippen molar-refractivity contribution in [3.63, 3.8) is 0 Å². The van der Waals surface area contributed by atoms with Crippen LogP contribution in [0.4, 0.5) is 0 Å². The van der Waals surface area contributed by atoms with Crippen molar-refractivity contribution >= 4 is 5.65 Å². The number of rotatable bonds is 1. The molecule has 0 bridgehead atoms. The molecule has 3 rings (SSSR count). The number of fused-ring (bicyclic) bond motifs is 1. The molecule has 0 unspecified atom stereocenters. The van der Waals surface area contributed by atoms with Crippen LogP contribution in [0.15, 0.2) is 18.2 Å². The molecule has 0 radical (unpaired) electrons. The van der Waals surface area contributed by atoms with E-state index >= 15 is 0 Å². The molecule has 0 saturated heterocycles. The molecule has 0 spiro atoms. The highest BCUT2D eigenvalue weighted by Gasteiger charge is 2.42. The fourth-order valence-electron chi connectivity index (χ4n) is 2.15. The first-order valence-electron chi connectivity index (χ1n) is 5.49. The Bertz CT molecular complexity index is 587. The summed E-state index contributed by atoms with van der Waals surface area (Å²) in [5.41, 5.74) is 1.46. The quantitative estimate of drug-likeness (QED) is 0.726. The first-order valence-corrected chi connectivity index (χ1v) is 5.49. The van der Waals surface area contributed by atoms with Crippen molar-refractivity contribution in [3.8, 4) is 6.07 Å². The zero-order valence-corrected chi connectivity index (χ0v) is 9.14. The lowest BCUT2D eigenvalue weighted by atomic mass is 9.69. The lowest BCUT2D eigenvalue weighted by molar-refractivity contribution is 0.307. The maximum Gasteiger partial charge on any atom is 0.171 e. The molecule has 0 aliphatic heterocycles. The average molecular weight is 212 g/mol. The van der Waals surface area contributed by atoms with E-state index in [4.69, 9.17) is 0 Å². The number of aromatic nitrogens is 3. The van der Waals surface area contributed by atoms with Crippen molar-refractivity contribution in [1.29, 1.82) is 5.26 Å². The van der Waals surface area contributed by atoms with Crippen molar-refractivity contribution < 1.29 is 0 Å². The summed E-state index contributed by atoms with van der Waals surface area (Å²) in [5.74, 6) is 0.690. The molecule has 80 valence electrons. The summed E-state index contributed by atoms with van der Waals surface area (Å²) >= 11 is 0. The number of hydrogen-bond acceptors (Lipinski definition) is 3. The van der Waals surface area contributed by atoms with E-state index in [0.717, 1.165) is 30.6 Å². The van der Waals surface area contributed by atoms with E-state index in [0.29, 0.717) is 5.82 Å². The van der Waals surface area contributed by atoms with Gasteiger partial charge in [0.2, 0.25) is 0 Å². The van der Waals surface area contributed by atoms with E-state index in [9.17, 15) is 5.26 Å². The minimum atomic E-state index is -0.418. The Labute approximate surface area is 93.5 Å². The van der Waals surface area contributed by atoms with Gasteiger partial charge in [-0.1, -0.05) is 6.07 Å². The topological polar surface area (TPSA) is 54.0 Å². The summed E-state index contributed by atoms with van der Waals surface area (Å²) in [6, 6.07) is 8.25. The smallest absolute Gasteiger partial charge is 0.171 e. The maximum absolute atomic E-state index is 9.25. The van der Waals surface area contributed by atoms with Gasteiger partial charge in [0.25, 0.3) is 0 Å². The van der Waals surface area contributed by atoms with Crippen molar-refractivity contribution in [2.75, 3.05) is 0 Å². The fourth-order valence-corrected chi connectivity index (χ4v) is 2.15. The van der Waals surface area contributed by atoms with E-state index in [2.05, 4.69) is 16.2 Å². The Balaban J connectivity index is 2.20. The number of pyridine rings is 1. The van der Waals surface area contributed by atoms with Gasteiger partial charge in [-0.2, -0.15) is 5.26 Å². The van der Waals surface area contributed by atoms with E-state index in [1.807, 2.05) is 29.6 Å². The number of nitrogens with zero attached hydrogens (tertiary/aromatic N) is 4. The lowest BCUT2D eigenvalue weighted by Gasteiger charge is -2.31. The van der Waals surface area contributed by atoms with E-state index in [1.54, 1.807) is 0 Å². The highest BCUT2D eigenvalue weighted by Crippen LogP contribution is 2.41. The second-order valence-electron chi connectivity index (χ2n) is 4.42. The van der Waals surface area contributed by atoms with Gasteiger partial charge in [0.05, 0.1) is 6.07 Å². The average Bonchev–Trinajstić information content (AvgIpc) is 2.62. The van der Waals surface area contributed by atoms with Gasteiger partial charge >= 0.3 is 0 Å². The highest BCUT2D eigenvalue weighted by atomic mass is 15.3. The molecule has 4 nitrogen and oxygen atoms in total. The standard InChI is InChI=1S/C12H12N4/c1-9-4-2-5-10-14-11(15-16(9)10)12(8-13)6-3-7-12/h2,4-5H,3,6-7H2,1H3. The maximum atomic E-state index is 9.25. The van der Waals surface area contributed by atoms with Crippen LogP contribution < -0.4 is 0 Å². The summed E-state index contributed by atoms with van der Waals surface area (Å²) in [6.07, 6.45) is 2.88. The summed E-state index contributed by atoms with van der Waals surface area (Å²) in [5, 5.41) is 13.7. The number of nitriles is 1. The third-order valence-corrected chi connectivity index (χ3v) is 3.40. The predicted octanol–water partition coefficient (Wildman–Crippen LogP) is 1.98. The molecule has 1 aliphatic carbocycles. The van der Waals surface area contributed by atoms with Gasteiger partial charge in [0.1, 0.15) is 5.41 Å². The summed E-state index contributed by atoms with van der Waals surface area (Å²) in [7, 11) is 0. The molecule has 0 N–H and O–H groups in total. The molecule has 1 aliphatic rings. The molecular weight excluding hydrogens is 200 g/mol. The van der Waals surface area contributed by atoms with Gasteiger partial charge in [-0.25, -0.2) is 9.50 Å². The van der Waals surface area contributed by atoms with Crippen LogP contribution in [0.1, 0.15) is 30.8 Å². The number of aryl methyl sites for hydroxylation is 1. The van der Waals surface area contributed by atoms with Crippen LogP contribution in [-0.4, -0.2) is 14.6 Å². The second-order valence-corrected chi connectivity index (χ2v) is 4.42. The zero-order chi connectivity index (χ0) is 11.2. The van der Waals surface area contributed by atoms with Crippen LogP contribution in [0.3, 0.4) is 0 Å². The Hall–Kier alpha value is -1.89. The first-order chi connectivity index (χ1) is 7.75. The molecule has 2 aromatic heterocycles. The monoisotopic (exact) mass is 212 g/mol. The molecule has 0 amide bonds. The van der Waals surface area contributed by atoms with Crippen LogP contribution in [-0.2, 0) is 5.41 Å². The molecule has 1 fully saturated rings. The molecule has 4 heteroatoms. The molecular formula is C12H12N4. The van der Waals surface area contributed by atoms with Crippen LogP contribution in [0, 0.1) is 18.3 Å². The van der Waals surface area contributed by atoms with Crippen molar-refractivity contribution in [3.05, 3.63) is 29.7 Å². The van der Waals surface area contributed by atoms with Crippen molar-refractivity contribution in [2.24, 2.45) is 0 Å². The predicted molar refractivity (Wildman–Crippen MR) is 58.9 cm³/mol. The molecule has 0 atom stereocenters. The largest absolute Gasteiger partial charge is 0.218 e. The lowest BCUT2D eigenvalue weighted by Crippen LogP contribution is -2.33. The fraction of sp³-hybridized carbons (Fsp3) is 0.417. The van der Waals surface area contributed by atoms with Gasteiger partial charge in [-0.05, 0) is 38.3 Å². The summed E-state index contributed by atoms with van der Waals surface area (Å²) in [6.45, 7) is 1.99. The van der Waals surface area contributed by atoms with Crippen LogP contribution in [0.5, 0.6) is 0 Å². The van der Waals surface area contributed by atoms with Crippen molar-refractivity contribution in [2.45, 2.75) is 31.6 Å². The Morgan fingerprint density at radius 2 is 2.25 bits per heavy atom. The summed E-state index contributed by atoms with van der Waals surface area (Å²) in [4.78, 5) is 4.47. The van der Waals surface area contributed by atoms with Crippen molar-refractivity contribution in [1.82, 2.24) is 14.6 Å². The Kier molecular flexibility index (Phi) is 1.78. The Morgan fingerprint density at radius 3 is 2.81 bits per heavy atom. The van der Waals surface area contributed by atoms with Gasteiger partial charge < -0.3 is 0 Å². The van der Waals surface area contributed by atoms with Crippen LogP contribution in [0.25, 0.3) is 5.65 Å². The zero-order valence-electron chi connectivity index (χ0n) is 9.14. The van der Waals surface area contributed by atoms with E-state index in [1.165, 1.54) is 0 Å². The molecule has 1 saturated carbocycles. The number of hydrogen-bond donors (Lipinski definition) is 0. The van der Waals surface area contributed by atoms with Gasteiger partial charge in [-0.3, -0.25) is 0 Å². The Morgan fingerprint density at radius 1 is 1.44 bits per heavy atom. The molecule has 0 aromatic carbocycles. The van der Waals surface area contributed by atoms with E-state index in [-0.39, 0.29) is 0 Å². The van der Waals surface area contributed by atoms with Crippen LogP contribution in [0.2, 0.25) is 0 Å². The van der Waals surface area contributed by atoms with Gasteiger partial charge in [0, 0.05) is 5.69 Å². The van der Waals surface area contributed by atoms with Crippen LogP contribution >= 0.6 is 0 Å². The van der Waals surface area contributed by atoms with Gasteiger partial charge in [-0.15, -0.1) is 5.10 Å². The van der Waals surface area contributed by atoms with E-state index < -0.39 is 5.41 Å². The highest BCUT2D eigenvalue weighted by molar-refractivity contribution is 5.41.